The van der Waals surface area contributed by atoms with Gasteiger partial charge in [-0.1, -0.05) is 6.07 Å². The molecule has 0 radical (unpaired) electrons. The smallest absolute Gasteiger partial charge is 0.156 e. The molecule has 1 heterocycles. The van der Waals surface area contributed by atoms with Crippen molar-refractivity contribution in [2.24, 2.45) is 5.73 Å². The second-order valence-electron chi connectivity index (χ2n) is 3.32. The topological polar surface area (TPSA) is 72.0 Å². The summed E-state index contributed by atoms with van der Waals surface area (Å²) in [5, 5.41) is 7.35. The summed E-state index contributed by atoms with van der Waals surface area (Å²) in [4.78, 5) is 3.93. The van der Waals surface area contributed by atoms with Crippen LogP contribution in [0.2, 0.25) is 0 Å². The summed E-state index contributed by atoms with van der Waals surface area (Å²) in [6.07, 6.45) is 1.51. The number of ether oxygens (including phenoxy) is 1. The van der Waals surface area contributed by atoms with Gasteiger partial charge in [0, 0.05) is 12.3 Å². The number of amidine groups is 1. The van der Waals surface area contributed by atoms with Crippen LogP contribution in [0.15, 0.2) is 42.6 Å². The van der Waals surface area contributed by atoms with Crippen molar-refractivity contribution < 1.29 is 9.13 Å². The van der Waals surface area contributed by atoms with E-state index in [0.29, 0.717) is 11.5 Å². The number of aromatic nitrogens is 1. The number of nitrogens with one attached hydrogen (secondary N) is 1. The lowest BCUT2D eigenvalue weighted by Crippen LogP contribution is -2.14. The second-order valence-corrected chi connectivity index (χ2v) is 3.32. The van der Waals surface area contributed by atoms with Crippen molar-refractivity contribution in [1.29, 1.82) is 5.41 Å². The number of nitrogens with zero attached hydrogens (tertiary/aromatic N) is 1. The maximum atomic E-state index is 13.0. The van der Waals surface area contributed by atoms with Crippen LogP contribution in [0.4, 0.5) is 4.39 Å². The molecule has 1 aromatic heterocycles. The molecule has 0 aliphatic heterocycles. The van der Waals surface area contributed by atoms with Gasteiger partial charge in [-0.2, -0.15) is 0 Å². The zero-order valence-corrected chi connectivity index (χ0v) is 8.85. The second kappa shape index (κ2) is 4.61. The summed E-state index contributed by atoms with van der Waals surface area (Å²) in [7, 11) is 0. The molecular formula is C12H10FN3O. The van der Waals surface area contributed by atoms with Crippen molar-refractivity contribution in [3.05, 3.63) is 54.1 Å². The maximum Gasteiger partial charge on any atom is 0.156 e. The lowest BCUT2D eigenvalue weighted by Gasteiger charge is -2.08. The van der Waals surface area contributed by atoms with Crippen LogP contribution in [0, 0.1) is 11.2 Å². The van der Waals surface area contributed by atoms with Crippen molar-refractivity contribution in [2.75, 3.05) is 0 Å². The first-order chi connectivity index (χ1) is 8.16. The van der Waals surface area contributed by atoms with Gasteiger partial charge in [0.2, 0.25) is 0 Å². The van der Waals surface area contributed by atoms with Crippen LogP contribution >= 0.6 is 0 Å². The number of nitrogen functional groups attached to an aromatic ring is 1. The lowest BCUT2D eigenvalue weighted by molar-refractivity contribution is 0.473. The Kier molecular flexibility index (Phi) is 3.00. The lowest BCUT2D eigenvalue weighted by atomic mass is 10.3. The molecule has 2 aromatic rings. The first kappa shape index (κ1) is 11.1. The number of rotatable bonds is 3. The van der Waals surface area contributed by atoms with E-state index in [-0.39, 0.29) is 11.5 Å². The molecule has 0 fully saturated rings. The zero-order chi connectivity index (χ0) is 12.3. The summed E-state index contributed by atoms with van der Waals surface area (Å²) < 4.78 is 18.4. The molecule has 0 bridgehead atoms. The van der Waals surface area contributed by atoms with Crippen LogP contribution in [0.5, 0.6) is 11.5 Å². The largest absolute Gasteiger partial charge is 0.455 e. The number of pyridine rings is 1. The number of hydrogen-bond acceptors (Lipinski definition) is 3. The van der Waals surface area contributed by atoms with Crippen LogP contribution in [-0.4, -0.2) is 10.8 Å². The van der Waals surface area contributed by atoms with E-state index < -0.39 is 5.82 Å². The molecule has 1 aromatic carbocycles. The number of hydrogen-bond donors (Lipinski definition) is 2. The Morgan fingerprint density at radius 1 is 1.29 bits per heavy atom. The van der Waals surface area contributed by atoms with Crippen LogP contribution in [0.25, 0.3) is 0 Å². The Balaban J connectivity index is 2.33. The van der Waals surface area contributed by atoms with E-state index in [4.69, 9.17) is 15.9 Å². The third-order valence-corrected chi connectivity index (χ3v) is 2.05. The number of halogens is 1. The first-order valence-corrected chi connectivity index (χ1v) is 4.89. The van der Waals surface area contributed by atoms with Crippen molar-refractivity contribution in [3.63, 3.8) is 0 Å². The molecule has 5 heteroatoms. The first-order valence-electron chi connectivity index (χ1n) is 4.89. The molecule has 17 heavy (non-hydrogen) atoms. The molecule has 0 amide bonds. The quantitative estimate of drug-likeness (QED) is 0.628. The predicted molar refractivity (Wildman–Crippen MR) is 61.7 cm³/mol. The van der Waals surface area contributed by atoms with Gasteiger partial charge in [0.15, 0.2) is 5.75 Å². The number of nitrogens with two attached hydrogens (primary N) is 1. The highest BCUT2D eigenvalue weighted by Gasteiger charge is 2.08. The standard InChI is InChI=1S/C12H10FN3O/c13-8-3-1-4-9(7-8)17-10-5-2-6-16-11(10)12(14)15/h1-7H,(H3,14,15). The van der Waals surface area contributed by atoms with Gasteiger partial charge >= 0.3 is 0 Å². The fraction of sp³-hybridized carbons (Fsp3) is 0. The van der Waals surface area contributed by atoms with Crippen molar-refractivity contribution in [1.82, 2.24) is 4.98 Å². The van der Waals surface area contributed by atoms with Crippen molar-refractivity contribution in [2.45, 2.75) is 0 Å². The molecule has 0 atom stereocenters. The van der Waals surface area contributed by atoms with E-state index in [1.54, 1.807) is 18.2 Å². The fourth-order valence-electron chi connectivity index (χ4n) is 1.33. The average Bonchev–Trinajstić information content (AvgIpc) is 2.29. The maximum absolute atomic E-state index is 13.0. The predicted octanol–water partition coefficient (Wildman–Crippen LogP) is 2.30. The number of benzene rings is 1. The minimum absolute atomic E-state index is 0.197. The molecule has 0 saturated carbocycles. The van der Waals surface area contributed by atoms with Gasteiger partial charge in [0.25, 0.3) is 0 Å². The van der Waals surface area contributed by atoms with E-state index in [9.17, 15) is 4.39 Å². The highest BCUT2D eigenvalue weighted by Crippen LogP contribution is 2.23. The Morgan fingerprint density at radius 2 is 2.12 bits per heavy atom. The summed E-state index contributed by atoms with van der Waals surface area (Å²) in [5.74, 6) is 0.0684. The minimum atomic E-state index is -0.393. The molecule has 4 nitrogen and oxygen atoms in total. The summed E-state index contributed by atoms with van der Waals surface area (Å²) in [6.45, 7) is 0. The Hall–Kier alpha value is -2.43. The molecule has 0 spiro atoms. The van der Waals surface area contributed by atoms with Gasteiger partial charge in [-0.05, 0) is 24.3 Å². The summed E-state index contributed by atoms with van der Waals surface area (Å²) >= 11 is 0. The highest BCUT2D eigenvalue weighted by molar-refractivity contribution is 5.95. The van der Waals surface area contributed by atoms with E-state index in [0.717, 1.165) is 0 Å². The van der Waals surface area contributed by atoms with Gasteiger partial charge in [-0.15, -0.1) is 0 Å². The van der Waals surface area contributed by atoms with Gasteiger partial charge in [0.05, 0.1) is 0 Å². The third kappa shape index (κ3) is 2.57. The van der Waals surface area contributed by atoms with Gasteiger partial charge in [-0.25, -0.2) is 9.37 Å². The van der Waals surface area contributed by atoms with Crippen LogP contribution in [-0.2, 0) is 0 Å². The SMILES string of the molecule is N=C(N)c1ncccc1Oc1cccc(F)c1. The highest BCUT2D eigenvalue weighted by atomic mass is 19.1. The normalized spacial score (nSPS) is 9.94. The molecule has 0 aliphatic rings. The average molecular weight is 231 g/mol. The molecule has 0 saturated heterocycles. The van der Waals surface area contributed by atoms with Crippen molar-refractivity contribution >= 4 is 5.84 Å². The van der Waals surface area contributed by atoms with Crippen LogP contribution < -0.4 is 10.5 Å². The van der Waals surface area contributed by atoms with Crippen LogP contribution in [0.3, 0.4) is 0 Å². The molecule has 2 rings (SSSR count). The van der Waals surface area contributed by atoms with E-state index >= 15 is 0 Å². The van der Waals surface area contributed by atoms with E-state index in [2.05, 4.69) is 4.98 Å². The Labute approximate surface area is 97.4 Å². The Bertz CT molecular complexity index is 557. The van der Waals surface area contributed by atoms with Gasteiger partial charge in [-0.3, -0.25) is 5.41 Å². The molecular weight excluding hydrogens is 221 g/mol. The zero-order valence-electron chi connectivity index (χ0n) is 8.85. The molecule has 0 unspecified atom stereocenters. The summed E-state index contributed by atoms with van der Waals surface area (Å²) in [6, 6.07) is 8.99. The van der Waals surface area contributed by atoms with Crippen molar-refractivity contribution in [3.8, 4) is 11.5 Å². The molecule has 86 valence electrons. The summed E-state index contributed by atoms with van der Waals surface area (Å²) in [5.41, 5.74) is 5.60. The van der Waals surface area contributed by atoms with Gasteiger partial charge < -0.3 is 10.5 Å². The van der Waals surface area contributed by atoms with E-state index in [1.807, 2.05) is 0 Å². The third-order valence-electron chi connectivity index (χ3n) is 2.05. The Morgan fingerprint density at radius 3 is 2.82 bits per heavy atom. The van der Waals surface area contributed by atoms with Crippen LogP contribution in [0.1, 0.15) is 5.69 Å². The molecule has 0 aliphatic carbocycles. The fourth-order valence-corrected chi connectivity index (χ4v) is 1.33. The minimum Gasteiger partial charge on any atom is -0.455 e. The molecule has 3 N–H and O–H groups in total. The van der Waals surface area contributed by atoms with Gasteiger partial charge in [0.1, 0.15) is 23.1 Å². The monoisotopic (exact) mass is 231 g/mol. The van der Waals surface area contributed by atoms with E-state index in [1.165, 1.54) is 24.4 Å².